The fourth-order valence-corrected chi connectivity index (χ4v) is 5.04. The number of rotatable bonds is 7. The fourth-order valence-electron chi connectivity index (χ4n) is 3.76. The number of carbonyl (C=O) groups is 3. The van der Waals surface area contributed by atoms with Crippen LogP contribution in [-0.2, 0) is 27.1 Å². The zero-order valence-electron chi connectivity index (χ0n) is 18.6. The molecule has 0 spiro atoms. The maximum absolute atomic E-state index is 13.0. The number of aryl methyl sites for hydroxylation is 1. The monoisotopic (exact) mass is 458 g/mol. The standard InChI is InChI=1S/C24H30N2O5S/c1-3-18(31-23(28)15-11-13-16(25)14-12-15)21(27)26-22-20(24(29)30-4-2)17-9-7-5-6-8-10-19(17)32-22/h11-14,18H,3-10,25H2,1-2H3,(H,26,27). The minimum atomic E-state index is -0.986. The molecule has 0 fully saturated rings. The van der Waals surface area contributed by atoms with Crippen LogP contribution in [0.4, 0.5) is 10.7 Å². The first-order valence-corrected chi connectivity index (χ1v) is 11.9. The number of thiophene rings is 1. The number of benzene rings is 1. The molecule has 1 aromatic heterocycles. The van der Waals surface area contributed by atoms with E-state index < -0.39 is 23.9 Å². The number of hydrogen-bond donors (Lipinski definition) is 2. The highest BCUT2D eigenvalue weighted by Gasteiger charge is 2.29. The van der Waals surface area contributed by atoms with Crippen molar-refractivity contribution in [1.29, 1.82) is 0 Å². The van der Waals surface area contributed by atoms with Crippen LogP contribution in [0, 0.1) is 0 Å². The van der Waals surface area contributed by atoms with E-state index in [1.54, 1.807) is 38.1 Å². The van der Waals surface area contributed by atoms with Crippen molar-refractivity contribution in [2.75, 3.05) is 17.7 Å². The van der Waals surface area contributed by atoms with Crippen molar-refractivity contribution in [3.63, 3.8) is 0 Å². The Morgan fingerprint density at radius 2 is 1.72 bits per heavy atom. The third-order valence-electron chi connectivity index (χ3n) is 5.45. The Hall–Kier alpha value is -2.87. The first kappa shape index (κ1) is 23.8. The van der Waals surface area contributed by atoms with E-state index in [2.05, 4.69) is 5.32 Å². The van der Waals surface area contributed by atoms with Gasteiger partial charge in [0.1, 0.15) is 5.00 Å². The lowest BCUT2D eigenvalue weighted by molar-refractivity contribution is -0.124. The average molecular weight is 459 g/mol. The molecule has 0 bridgehead atoms. The van der Waals surface area contributed by atoms with Crippen LogP contribution in [0.1, 0.15) is 77.1 Å². The van der Waals surface area contributed by atoms with Crippen molar-refractivity contribution in [2.45, 2.75) is 64.9 Å². The molecule has 2 aromatic rings. The summed E-state index contributed by atoms with van der Waals surface area (Å²) >= 11 is 1.42. The molecule has 1 aromatic carbocycles. The van der Waals surface area contributed by atoms with E-state index >= 15 is 0 Å². The molecule has 0 radical (unpaired) electrons. The molecule has 1 aliphatic rings. The summed E-state index contributed by atoms with van der Waals surface area (Å²) in [6, 6.07) is 6.32. The second-order valence-electron chi connectivity index (χ2n) is 7.76. The molecule has 1 aliphatic carbocycles. The highest BCUT2D eigenvalue weighted by atomic mass is 32.1. The fraction of sp³-hybridized carbons (Fsp3) is 0.458. The van der Waals surface area contributed by atoms with Crippen LogP contribution < -0.4 is 11.1 Å². The van der Waals surface area contributed by atoms with E-state index in [-0.39, 0.29) is 6.61 Å². The summed E-state index contributed by atoms with van der Waals surface area (Å²) in [5.41, 5.74) is 7.93. The lowest BCUT2D eigenvalue weighted by Gasteiger charge is -2.16. The van der Waals surface area contributed by atoms with Gasteiger partial charge in [0.25, 0.3) is 5.91 Å². The first-order valence-electron chi connectivity index (χ1n) is 11.1. The molecule has 0 saturated carbocycles. The quantitative estimate of drug-likeness (QED) is 0.458. The Kier molecular flexibility index (Phi) is 8.27. The minimum Gasteiger partial charge on any atom is -0.462 e. The molecule has 1 unspecified atom stereocenters. The predicted molar refractivity (Wildman–Crippen MR) is 125 cm³/mol. The van der Waals surface area contributed by atoms with Crippen LogP contribution in [0.15, 0.2) is 24.3 Å². The van der Waals surface area contributed by atoms with Crippen molar-refractivity contribution in [3.05, 3.63) is 45.8 Å². The zero-order valence-corrected chi connectivity index (χ0v) is 19.4. The van der Waals surface area contributed by atoms with E-state index in [9.17, 15) is 14.4 Å². The number of carbonyl (C=O) groups excluding carboxylic acids is 3. The van der Waals surface area contributed by atoms with E-state index in [0.717, 1.165) is 49.0 Å². The van der Waals surface area contributed by atoms with Gasteiger partial charge in [-0.05, 0) is 68.9 Å². The van der Waals surface area contributed by atoms with Gasteiger partial charge in [0.05, 0.1) is 17.7 Å². The SMILES string of the molecule is CCOC(=O)c1c(NC(=O)C(CC)OC(=O)c2ccc(N)cc2)sc2c1CCCCCC2. The highest BCUT2D eigenvalue weighted by molar-refractivity contribution is 7.17. The Labute approximate surface area is 192 Å². The Morgan fingerprint density at radius 3 is 2.38 bits per heavy atom. The van der Waals surface area contributed by atoms with Gasteiger partial charge in [-0.2, -0.15) is 0 Å². The Bertz CT molecular complexity index is 968. The summed E-state index contributed by atoms with van der Waals surface area (Å²) in [5, 5.41) is 3.32. The van der Waals surface area contributed by atoms with E-state index in [0.29, 0.717) is 28.2 Å². The third-order valence-corrected chi connectivity index (χ3v) is 6.65. The highest BCUT2D eigenvalue weighted by Crippen LogP contribution is 2.37. The topological polar surface area (TPSA) is 108 Å². The van der Waals surface area contributed by atoms with Gasteiger partial charge in [-0.25, -0.2) is 9.59 Å². The van der Waals surface area contributed by atoms with Gasteiger partial charge in [0.15, 0.2) is 6.10 Å². The van der Waals surface area contributed by atoms with Crippen LogP contribution in [0.3, 0.4) is 0 Å². The van der Waals surface area contributed by atoms with Crippen molar-refractivity contribution in [3.8, 4) is 0 Å². The molecule has 8 heteroatoms. The second kappa shape index (κ2) is 11.1. The molecular formula is C24H30N2O5S. The normalized spacial score (nSPS) is 14.4. The molecule has 172 valence electrons. The lowest BCUT2D eigenvalue weighted by Crippen LogP contribution is -2.32. The smallest absolute Gasteiger partial charge is 0.341 e. The maximum Gasteiger partial charge on any atom is 0.341 e. The molecular weight excluding hydrogens is 428 g/mol. The summed E-state index contributed by atoms with van der Waals surface area (Å²) in [5.74, 6) is -1.49. The number of fused-ring (bicyclic) bond motifs is 1. The van der Waals surface area contributed by atoms with Crippen molar-refractivity contribution >= 4 is 39.9 Å². The molecule has 32 heavy (non-hydrogen) atoms. The van der Waals surface area contributed by atoms with E-state index in [1.165, 1.54) is 11.3 Å². The van der Waals surface area contributed by atoms with E-state index in [4.69, 9.17) is 15.2 Å². The van der Waals surface area contributed by atoms with Gasteiger partial charge in [0.2, 0.25) is 0 Å². The van der Waals surface area contributed by atoms with E-state index in [1.807, 2.05) is 0 Å². The molecule has 1 atom stereocenters. The molecule has 0 saturated heterocycles. The number of esters is 2. The Balaban J connectivity index is 1.81. The number of nitrogens with two attached hydrogens (primary N) is 1. The number of nitrogen functional groups attached to an aromatic ring is 1. The minimum absolute atomic E-state index is 0.258. The zero-order chi connectivity index (χ0) is 23.1. The number of nitrogens with one attached hydrogen (secondary N) is 1. The molecule has 3 N–H and O–H groups in total. The number of ether oxygens (including phenoxy) is 2. The molecule has 7 nitrogen and oxygen atoms in total. The summed E-state index contributed by atoms with van der Waals surface area (Å²) in [7, 11) is 0. The predicted octanol–water partition coefficient (Wildman–Crippen LogP) is 4.74. The molecule has 1 amide bonds. The number of amides is 1. The molecule has 1 heterocycles. The number of anilines is 2. The van der Waals surface area contributed by atoms with Crippen molar-refractivity contribution in [1.82, 2.24) is 0 Å². The van der Waals surface area contributed by atoms with Crippen molar-refractivity contribution in [2.24, 2.45) is 0 Å². The summed E-state index contributed by atoms with van der Waals surface area (Å²) in [4.78, 5) is 39.3. The summed E-state index contributed by atoms with van der Waals surface area (Å²) in [6.45, 7) is 3.78. The maximum atomic E-state index is 13.0. The van der Waals surface area contributed by atoms with Crippen LogP contribution in [0.5, 0.6) is 0 Å². The van der Waals surface area contributed by atoms with Crippen LogP contribution in [0.2, 0.25) is 0 Å². The first-order chi connectivity index (χ1) is 15.4. The molecule has 0 aliphatic heterocycles. The van der Waals surface area contributed by atoms with Gasteiger partial charge in [-0.1, -0.05) is 19.8 Å². The third kappa shape index (κ3) is 5.68. The summed E-state index contributed by atoms with van der Waals surface area (Å²) < 4.78 is 10.7. The lowest BCUT2D eigenvalue weighted by atomic mass is 9.96. The van der Waals surface area contributed by atoms with Crippen LogP contribution in [-0.4, -0.2) is 30.6 Å². The van der Waals surface area contributed by atoms with Crippen LogP contribution >= 0.6 is 11.3 Å². The Morgan fingerprint density at radius 1 is 1.03 bits per heavy atom. The van der Waals surface area contributed by atoms with Gasteiger partial charge >= 0.3 is 11.9 Å². The van der Waals surface area contributed by atoms with Crippen molar-refractivity contribution < 1.29 is 23.9 Å². The summed E-state index contributed by atoms with van der Waals surface area (Å²) in [6.07, 6.45) is 5.32. The van der Waals surface area contributed by atoms with Gasteiger partial charge in [-0.15, -0.1) is 11.3 Å². The van der Waals surface area contributed by atoms with Gasteiger partial charge in [-0.3, -0.25) is 4.79 Å². The largest absolute Gasteiger partial charge is 0.462 e. The second-order valence-corrected chi connectivity index (χ2v) is 8.86. The van der Waals surface area contributed by atoms with Crippen LogP contribution in [0.25, 0.3) is 0 Å². The average Bonchev–Trinajstić information content (AvgIpc) is 3.08. The van der Waals surface area contributed by atoms with Gasteiger partial charge in [0, 0.05) is 10.6 Å². The number of hydrogen-bond acceptors (Lipinski definition) is 7. The van der Waals surface area contributed by atoms with Gasteiger partial charge < -0.3 is 20.5 Å². The molecule has 3 rings (SSSR count).